The van der Waals surface area contributed by atoms with Crippen LogP contribution >= 0.6 is 0 Å². The van der Waals surface area contributed by atoms with Crippen LogP contribution in [0.1, 0.15) is 39.0 Å². The van der Waals surface area contributed by atoms with E-state index in [9.17, 15) is 9.59 Å². The predicted octanol–water partition coefficient (Wildman–Crippen LogP) is 3.06. The SMILES string of the molecule is CCCCCCC(=O)Nc1ccccc1OCC(=O)O. The third-order valence-electron chi connectivity index (χ3n) is 2.77. The smallest absolute Gasteiger partial charge is 0.341 e. The van der Waals surface area contributed by atoms with Crippen molar-refractivity contribution in [3.05, 3.63) is 24.3 Å². The van der Waals surface area contributed by atoms with Gasteiger partial charge in [-0.3, -0.25) is 4.79 Å². The Morgan fingerprint density at radius 1 is 1.20 bits per heavy atom. The molecule has 0 heterocycles. The first-order valence-corrected chi connectivity index (χ1v) is 6.87. The maximum Gasteiger partial charge on any atom is 0.341 e. The van der Waals surface area contributed by atoms with E-state index in [1.807, 2.05) is 0 Å². The van der Waals surface area contributed by atoms with E-state index >= 15 is 0 Å². The summed E-state index contributed by atoms with van der Waals surface area (Å²) in [5, 5.41) is 11.4. The Labute approximate surface area is 118 Å². The summed E-state index contributed by atoms with van der Waals surface area (Å²) in [7, 11) is 0. The van der Waals surface area contributed by atoms with Crippen LogP contribution in [0.5, 0.6) is 5.75 Å². The number of carboxylic acids is 1. The molecule has 110 valence electrons. The number of amides is 1. The van der Waals surface area contributed by atoms with Gasteiger partial charge in [-0.1, -0.05) is 38.3 Å². The van der Waals surface area contributed by atoms with E-state index in [0.717, 1.165) is 25.7 Å². The molecule has 0 bridgehead atoms. The molecule has 1 aromatic rings. The first kappa shape index (κ1) is 16.0. The van der Waals surface area contributed by atoms with Gasteiger partial charge in [0.05, 0.1) is 5.69 Å². The second-order valence-corrected chi connectivity index (χ2v) is 4.54. The van der Waals surface area contributed by atoms with Gasteiger partial charge in [0.15, 0.2) is 6.61 Å². The number of ether oxygens (including phenoxy) is 1. The van der Waals surface area contributed by atoms with E-state index < -0.39 is 12.6 Å². The third kappa shape index (κ3) is 6.22. The van der Waals surface area contributed by atoms with Crippen LogP contribution in [-0.2, 0) is 9.59 Å². The Hall–Kier alpha value is -2.04. The van der Waals surface area contributed by atoms with Gasteiger partial charge in [0.25, 0.3) is 0 Å². The molecule has 0 aliphatic carbocycles. The minimum atomic E-state index is -1.05. The van der Waals surface area contributed by atoms with Crippen LogP contribution in [-0.4, -0.2) is 23.6 Å². The summed E-state index contributed by atoms with van der Waals surface area (Å²) in [6.45, 7) is 1.69. The zero-order valence-corrected chi connectivity index (χ0v) is 11.7. The number of aliphatic carboxylic acids is 1. The molecule has 1 amide bonds. The molecular formula is C15H21NO4. The molecule has 0 unspecified atom stereocenters. The van der Waals surface area contributed by atoms with Crippen molar-refractivity contribution in [3.8, 4) is 5.75 Å². The van der Waals surface area contributed by atoms with Crippen molar-refractivity contribution in [2.24, 2.45) is 0 Å². The van der Waals surface area contributed by atoms with Crippen LogP contribution in [0, 0.1) is 0 Å². The Bertz CT molecular complexity index is 445. The van der Waals surface area contributed by atoms with E-state index in [0.29, 0.717) is 17.9 Å². The average Bonchev–Trinajstić information content (AvgIpc) is 2.42. The molecule has 1 rings (SSSR count). The monoisotopic (exact) mass is 279 g/mol. The molecule has 0 radical (unpaired) electrons. The lowest BCUT2D eigenvalue weighted by Gasteiger charge is -2.11. The van der Waals surface area contributed by atoms with Gasteiger partial charge >= 0.3 is 5.97 Å². The van der Waals surface area contributed by atoms with Crippen LogP contribution in [0.3, 0.4) is 0 Å². The highest BCUT2D eigenvalue weighted by Crippen LogP contribution is 2.24. The van der Waals surface area contributed by atoms with Gasteiger partial charge in [0.2, 0.25) is 5.91 Å². The van der Waals surface area contributed by atoms with Crippen LogP contribution < -0.4 is 10.1 Å². The number of benzene rings is 1. The van der Waals surface area contributed by atoms with Gasteiger partial charge in [-0.05, 0) is 18.6 Å². The number of rotatable bonds is 9. The molecule has 0 aliphatic rings. The molecule has 2 N–H and O–H groups in total. The van der Waals surface area contributed by atoms with Crippen molar-refractivity contribution in [2.75, 3.05) is 11.9 Å². The van der Waals surface area contributed by atoms with Gasteiger partial charge in [-0.2, -0.15) is 0 Å². The lowest BCUT2D eigenvalue weighted by Crippen LogP contribution is -2.14. The Balaban J connectivity index is 2.49. The normalized spacial score (nSPS) is 10.1. The highest BCUT2D eigenvalue weighted by atomic mass is 16.5. The van der Waals surface area contributed by atoms with E-state index in [4.69, 9.17) is 9.84 Å². The molecule has 0 saturated heterocycles. The minimum Gasteiger partial charge on any atom is -0.480 e. The molecule has 1 aromatic carbocycles. The van der Waals surface area contributed by atoms with Crippen molar-refractivity contribution in [1.29, 1.82) is 0 Å². The number of hydrogen-bond acceptors (Lipinski definition) is 3. The lowest BCUT2D eigenvalue weighted by molar-refractivity contribution is -0.139. The van der Waals surface area contributed by atoms with Crippen molar-refractivity contribution in [3.63, 3.8) is 0 Å². The largest absolute Gasteiger partial charge is 0.480 e. The standard InChI is InChI=1S/C15H21NO4/c1-2-3-4-5-10-14(17)16-12-8-6-7-9-13(12)20-11-15(18)19/h6-9H,2-5,10-11H2,1H3,(H,16,17)(H,18,19). The Morgan fingerprint density at radius 3 is 2.65 bits per heavy atom. The molecule has 5 heteroatoms. The number of para-hydroxylation sites is 2. The fourth-order valence-electron chi connectivity index (χ4n) is 1.76. The van der Waals surface area contributed by atoms with Crippen molar-refractivity contribution < 1.29 is 19.4 Å². The van der Waals surface area contributed by atoms with Crippen molar-refractivity contribution in [1.82, 2.24) is 0 Å². The molecule has 0 aromatic heterocycles. The van der Waals surface area contributed by atoms with Crippen molar-refractivity contribution >= 4 is 17.6 Å². The number of nitrogens with one attached hydrogen (secondary N) is 1. The molecule has 0 fully saturated rings. The maximum atomic E-state index is 11.8. The molecule has 0 saturated carbocycles. The number of carbonyl (C=O) groups excluding carboxylic acids is 1. The van der Waals surface area contributed by atoms with E-state index in [1.54, 1.807) is 24.3 Å². The number of unbranched alkanes of at least 4 members (excludes halogenated alkanes) is 3. The topological polar surface area (TPSA) is 75.6 Å². The third-order valence-corrected chi connectivity index (χ3v) is 2.77. The van der Waals surface area contributed by atoms with E-state index in [1.165, 1.54) is 0 Å². The summed E-state index contributed by atoms with van der Waals surface area (Å²) in [4.78, 5) is 22.3. The zero-order chi connectivity index (χ0) is 14.8. The van der Waals surface area contributed by atoms with Crippen LogP contribution in [0.25, 0.3) is 0 Å². The van der Waals surface area contributed by atoms with Crippen molar-refractivity contribution in [2.45, 2.75) is 39.0 Å². The molecule has 20 heavy (non-hydrogen) atoms. The summed E-state index contributed by atoms with van der Waals surface area (Å²) in [6, 6.07) is 6.82. The van der Waals surface area contributed by atoms with Gasteiger partial charge in [-0.15, -0.1) is 0 Å². The number of carboxylic acid groups (broad SMARTS) is 1. The number of anilines is 1. The first-order chi connectivity index (χ1) is 9.63. The number of hydrogen-bond donors (Lipinski definition) is 2. The Morgan fingerprint density at radius 2 is 1.95 bits per heavy atom. The number of carbonyl (C=O) groups is 2. The first-order valence-electron chi connectivity index (χ1n) is 6.87. The summed E-state index contributed by atoms with van der Waals surface area (Å²) in [6.07, 6.45) is 4.63. The van der Waals surface area contributed by atoms with Crippen LogP contribution in [0.4, 0.5) is 5.69 Å². The van der Waals surface area contributed by atoms with Gasteiger partial charge in [0, 0.05) is 6.42 Å². The second kappa shape index (κ2) is 8.96. The average molecular weight is 279 g/mol. The summed E-state index contributed by atoms with van der Waals surface area (Å²) in [5.74, 6) is -0.755. The molecule has 0 atom stereocenters. The van der Waals surface area contributed by atoms with Gasteiger partial charge in [-0.25, -0.2) is 4.79 Å². The van der Waals surface area contributed by atoms with Gasteiger partial charge < -0.3 is 15.2 Å². The predicted molar refractivity (Wildman–Crippen MR) is 77.0 cm³/mol. The fourth-order valence-corrected chi connectivity index (χ4v) is 1.76. The quantitative estimate of drug-likeness (QED) is 0.681. The minimum absolute atomic E-state index is 0.0764. The van der Waals surface area contributed by atoms with Crippen LogP contribution in [0.15, 0.2) is 24.3 Å². The van der Waals surface area contributed by atoms with E-state index in [-0.39, 0.29) is 5.91 Å². The maximum absolute atomic E-state index is 11.8. The molecule has 5 nitrogen and oxygen atoms in total. The Kier molecular flexibility index (Phi) is 7.17. The molecular weight excluding hydrogens is 258 g/mol. The molecule has 0 aliphatic heterocycles. The lowest BCUT2D eigenvalue weighted by atomic mass is 10.1. The van der Waals surface area contributed by atoms with Gasteiger partial charge in [0.1, 0.15) is 5.75 Å². The van der Waals surface area contributed by atoms with Crippen LogP contribution in [0.2, 0.25) is 0 Å². The second-order valence-electron chi connectivity index (χ2n) is 4.54. The highest BCUT2D eigenvalue weighted by molar-refractivity contribution is 5.92. The summed E-state index contributed by atoms with van der Waals surface area (Å²) < 4.78 is 5.13. The fraction of sp³-hybridized carbons (Fsp3) is 0.467. The summed E-state index contributed by atoms with van der Waals surface area (Å²) in [5.41, 5.74) is 0.509. The zero-order valence-electron chi connectivity index (χ0n) is 11.7. The highest BCUT2D eigenvalue weighted by Gasteiger charge is 2.08. The van der Waals surface area contributed by atoms with E-state index in [2.05, 4.69) is 12.2 Å². The summed E-state index contributed by atoms with van der Waals surface area (Å²) >= 11 is 0. The molecule has 0 spiro atoms.